The van der Waals surface area contributed by atoms with Crippen LogP contribution in [0, 0.1) is 58.2 Å². The fraction of sp³-hybridized carbons (Fsp3) is 0.808. The first-order chi connectivity index (χ1) is 14.7. The number of hydrogen-bond acceptors (Lipinski definition) is 4. The van der Waals surface area contributed by atoms with Crippen molar-refractivity contribution in [2.45, 2.75) is 84.3 Å². The number of rotatable bonds is 3. The lowest BCUT2D eigenvalue weighted by atomic mass is 9.48. The molecule has 0 aromatic carbocycles. The Morgan fingerprint density at radius 1 is 1.23 bits per heavy atom. The lowest BCUT2D eigenvalue weighted by Gasteiger charge is -2.57. The molecule has 1 heterocycles. The van der Waals surface area contributed by atoms with Gasteiger partial charge in [-0.25, -0.2) is 0 Å². The van der Waals surface area contributed by atoms with Gasteiger partial charge in [0.1, 0.15) is 6.07 Å². The maximum atomic E-state index is 13.4. The molecule has 4 fully saturated rings. The van der Waals surface area contributed by atoms with Gasteiger partial charge in [0.25, 0.3) is 0 Å². The highest BCUT2D eigenvalue weighted by Gasteiger charge is 2.60. The zero-order chi connectivity index (χ0) is 22.0. The molecule has 5 rings (SSSR count). The second-order valence-corrected chi connectivity index (χ2v) is 11.9. The molecular weight excluding hydrogens is 386 g/mol. The highest BCUT2D eigenvalue weighted by atomic mass is 16.3. The molecule has 5 heteroatoms. The molecule has 1 N–H and O–H groups in total. The molecule has 0 saturated heterocycles. The minimum atomic E-state index is -0.465. The van der Waals surface area contributed by atoms with E-state index in [1.165, 1.54) is 25.7 Å². The number of carbonyl (C=O) groups excluding carboxylic acids is 1. The largest absolute Gasteiger partial charge is 0.390 e. The van der Waals surface area contributed by atoms with Crippen molar-refractivity contribution < 1.29 is 9.90 Å². The molecule has 0 spiro atoms. The highest BCUT2D eigenvalue weighted by Crippen LogP contribution is 2.66. The lowest BCUT2D eigenvalue weighted by molar-refractivity contribution is -0.133. The zero-order valence-electron chi connectivity index (χ0n) is 19.3. The molecule has 4 aliphatic rings. The van der Waals surface area contributed by atoms with Gasteiger partial charge in [0.15, 0.2) is 5.78 Å². The summed E-state index contributed by atoms with van der Waals surface area (Å²) in [7, 11) is 0. The van der Waals surface area contributed by atoms with Crippen LogP contribution in [0.1, 0.15) is 77.7 Å². The molecule has 0 radical (unpaired) electrons. The first-order valence-electron chi connectivity index (χ1n) is 12.4. The minimum absolute atomic E-state index is 0.0931. The normalized spacial score (nSPS) is 46.5. The van der Waals surface area contributed by atoms with Gasteiger partial charge in [0.05, 0.1) is 23.9 Å². The van der Waals surface area contributed by atoms with Crippen LogP contribution in [0.15, 0.2) is 12.4 Å². The quantitative estimate of drug-likeness (QED) is 0.771. The first kappa shape index (κ1) is 21.2. The summed E-state index contributed by atoms with van der Waals surface area (Å²) >= 11 is 0. The van der Waals surface area contributed by atoms with Crippen LogP contribution in [-0.2, 0) is 11.3 Å². The van der Waals surface area contributed by atoms with Crippen LogP contribution in [0.4, 0.5) is 0 Å². The summed E-state index contributed by atoms with van der Waals surface area (Å²) in [6.45, 7) is 7.11. The van der Waals surface area contributed by atoms with Crippen molar-refractivity contribution in [3.63, 3.8) is 0 Å². The van der Waals surface area contributed by atoms with Crippen LogP contribution >= 0.6 is 0 Å². The average Bonchev–Trinajstić information content (AvgIpc) is 3.28. The number of aromatic nitrogens is 2. The SMILES string of the molecule is C[C@@H]1CC(C(=O)Cn2cc(C#N)cn2)[C@@]2(C)CC[C@H]3[C@@H](CC[C@@H]4C[C@](C)(O)CC[C@@H]43)[C@H]12. The second-order valence-electron chi connectivity index (χ2n) is 11.9. The monoisotopic (exact) mass is 423 g/mol. The number of carbonyl (C=O) groups is 1. The van der Waals surface area contributed by atoms with Crippen LogP contribution < -0.4 is 0 Å². The standard InChI is InChI=1S/C26H37N3O2/c1-16-10-22(23(30)15-29-14-17(12-27)13-28-29)26(3)9-7-20-19-6-8-25(2,31)11-18(19)4-5-21(20)24(16)26/h13-14,16,18-22,24,31H,4-11,15H2,1-3H3/t16-,18-,19+,20-,21-,22?,24+,25-,26-/m1/s1. The third-order valence-corrected chi connectivity index (χ3v) is 10.0. The van der Waals surface area contributed by atoms with Gasteiger partial charge in [0.2, 0.25) is 0 Å². The molecule has 1 aromatic rings. The summed E-state index contributed by atoms with van der Waals surface area (Å²) in [6.07, 6.45) is 12.3. The predicted molar refractivity (Wildman–Crippen MR) is 118 cm³/mol. The predicted octanol–water partition coefficient (Wildman–Crippen LogP) is 4.59. The third kappa shape index (κ3) is 3.46. The lowest BCUT2D eigenvalue weighted by Crippen LogP contribution is -2.51. The molecule has 5 nitrogen and oxygen atoms in total. The fourth-order valence-corrected chi connectivity index (χ4v) is 8.90. The molecule has 9 atom stereocenters. The van der Waals surface area contributed by atoms with Crippen LogP contribution in [0.5, 0.6) is 0 Å². The van der Waals surface area contributed by atoms with Crippen LogP contribution in [0.2, 0.25) is 0 Å². The number of nitriles is 1. The van der Waals surface area contributed by atoms with Crippen molar-refractivity contribution in [2.24, 2.45) is 46.8 Å². The van der Waals surface area contributed by atoms with Gasteiger partial charge in [-0.15, -0.1) is 0 Å². The van der Waals surface area contributed by atoms with E-state index in [4.69, 9.17) is 5.26 Å². The Labute approximate surface area is 186 Å². The van der Waals surface area contributed by atoms with Gasteiger partial charge in [-0.3, -0.25) is 9.48 Å². The Morgan fingerprint density at radius 2 is 2.00 bits per heavy atom. The topological polar surface area (TPSA) is 78.9 Å². The van der Waals surface area contributed by atoms with Crippen molar-refractivity contribution in [1.82, 2.24) is 9.78 Å². The fourth-order valence-electron chi connectivity index (χ4n) is 8.90. The van der Waals surface area contributed by atoms with Crippen LogP contribution in [0.3, 0.4) is 0 Å². The van der Waals surface area contributed by atoms with Gasteiger partial charge < -0.3 is 5.11 Å². The number of Topliss-reactive ketones (excluding diaryl/α,β-unsaturated/α-hetero) is 1. The first-order valence-corrected chi connectivity index (χ1v) is 12.4. The van der Waals surface area contributed by atoms with Gasteiger partial charge in [-0.1, -0.05) is 13.8 Å². The number of fused-ring (bicyclic) bond motifs is 5. The molecule has 31 heavy (non-hydrogen) atoms. The third-order valence-electron chi connectivity index (χ3n) is 10.0. The maximum Gasteiger partial charge on any atom is 0.157 e. The summed E-state index contributed by atoms with van der Waals surface area (Å²) in [4.78, 5) is 13.4. The van der Waals surface area contributed by atoms with E-state index in [1.807, 2.05) is 6.92 Å². The molecule has 0 amide bonds. The van der Waals surface area contributed by atoms with Gasteiger partial charge in [0, 0.05) is 12.1 Å². The maximum absolute atomic E-state index is 13.4. The zero-order valence-corrected chi connectivity index (χ0v) is 19.3. The summed E-state index contributed by atoms with van der Waals surface area (Å²) in [6, 6.07) is 2.10. The van der Waals surface area contributed by atoms with Crippen molar-refractivity contribution in [3.05, 3.63) is 18.0 Å². The van der Waals surface area contributed by atoms with E-state index in [1.54, 1.807) is 17.1 Å². The Balaban J connectivity index is 1.34. The molecule has 168 valence electrons. The summed E-state index contributed by atoms with van der Waals surface area (Å²) in [5.74, 6) is 4.62. The van der Waals surface area contributed by atoms with Crippen molar-refractivity contribution >= 4 is 5.78 Å². The molecule has 4 saturated carbocycles. The Hall–Kier alpha value is -1.67. The van der Waals surface area contributed by atoms with Gasteiger partial charge in [-0.05, 0) is 99.2 Å². The summed E-state index contributed by atoms with van der Waals surface area (Å²) < 4.78 is 1.65. The van der Waals surface area contributed by atoms with Crippen LogP contribution in [0.25, 0.3) is 0 Å². The number of hydrogen-bond donors (Lipinski definition) is 1. The Morgan fingerprint density at radius 3 is 2.74 bits per heavy atom. The second kappa shape index (κ2) is 7.44. The molecule has 0 aliphatic heterocycles. The van der Waals surface area contributed by atoms with E-state index in [0.29, 0.717) is 29.1 Å². The number of aliphatic hydroxyl groups is 1. The molecule has 1 unspecified atom stereocenters. The van der Waals surface area contributed by atoms with Gasteiger partial charge in [-0.2, -0.15) is 10.4 Å². The van der Waals surface area contributed by atoms with Crippen LogP contribution in [-0.4, -0.2) is 26.3 Å². The van der Waals surface area contributed by atoms with Crippen molar-refractivity contribution in [3.8, 4) is 6.07 Å². The Bertz CT molecular complexity index is 899. The van der Waals surface area contributed by atoms with E-state index in [0.717, 1.165) is 43.4 Å². The van der Waals surface area contributed by atoms with E-state index >= 15 is 0 Å². The average molecular weight is 424 g/mol. The minimum Gasteiger partial charge on any atom is -0.390 e. The smallest absolute Gasteiger partial charge is 0.157 e. The molecule has 0 bridgehead atoms. The molecular formula is C26H37N3O2. The van der Waals surface area contributed by atoms with E-state index < -0.39 is 5.60 Å². The van der Waals surface area contributed by atoms with E-state index in [9.17, 15) is 9.90 Å². The molecule has 1 aromatic heterocycles. The number of nitrogens with zero attached hydrogens (tertiary/aromatic N) is 3. The van der Waals surface area contributed by atoms with Gasteiger partial charge >= 0.3 is 0 Å². The number of ketones is 1. The Kier molecular flexibility index (Phi) is 5.09. The molecule has 4 aliphatic carbocycles. The van der Waals surface area contributed by atoms with Crippen molar-refractivity contribution in [1.29, 1.82) is 5.26 Å². The summed E-state index contributed by atoms with van der Waals surface area (Å²) in [5, 5.41) is 23.9. The van der Waals surface area contributed by atoms with Crippen molar-refractivity contribution in [2.75, 3.05) is 0 Å². The highest BCUT2D eigenvalue weighted by molar-refractivity contribution is 5.82. The summed E-state index contributed by atoms with van der Waals surface area (Å²) in [5.41, 5.74) is 0.142. The van der Waals surface area contributed by atoms with E-state index in [2.05, 4.69) is 25.0 Å². The van der Waals surface area contributed by atoms with E-state index in [-0.39, 0.29) is 17.9 Å².